The largest absolute Gasteiger partial charge is 0.508 e. The third-order valence-electron chi connectivity index (χ3n) is 5.54. The predicted molar refractivity (Wildman–Crippen MR) is 115 cm³/mol. The van der Waals surface area contributed by atoms with Crippen molar-refractivity contribution in [1.82, 2.24) is 0 Å². The molecule has 0 saturated heterocycles. The lowest BCUT2D eigenvalue weighted by Gasteiger charge is -2.29. The lowest BCUT2D eigenvalue weighted by molar-refractivity contribution is 0.115. The monoisotopic (exact) mass is 400 g/mol. The summed E-state index contributed by atoms with van der Waals surface area (Å²) >= 11 is 5.71. The number of aliphatic hydroxyl groups is 1. The third kappa shape index (κ3) is 5.09. The van der Waals surface area contributed by atoms with Crippen molar-refractivity contribution < 1.29 is 14.9 Å². The number of alkyl halides is 1. The molecular formula is C24H29ClO3. The molecule has 0 spiro atoms. The number of hydrogen-bond donors (Lipinski definition) is 2. The molecule has 4 heteroatoms. The predicted octanol–water partition coefficient (Wildman–Crippen LogP) is 5.77. The van der Waals surface area contributed by atoms with E-state index in [-0.39, 0.29) is 11.9 Å². The van der Waals surface area contributed by atoms with Gasteiger partial charge >= 0.3 is 0 Å². The number of rotatable bonds is 7. The van der Waals surface area contributed by atoms with E-state index < -0.39 is 0 Å². The summed E-state index contributed by atoms with van der Waals surface area (Å²) in [5.74, 6) is 2.03. The van der Waals surface area contributed by atoms with Crippen LogP contribution in [0.4, 0.5) is 0 Å². The van der Waals surface area contributed by atoms with Crippen LogP contribution in [0.5, 0.6) is 11.5 Å². The highest BCUT2D eigenvalue weighted by Gasteiger charge is 2.25. The molecule has 1 aliphatic carbocycles. The van der Waals surface area contributed by atoms with Crippen molar-refractivity contribution in [3.63, 3.8) is 0 Å². The Hall–Kier alpha value is -1.97. The van der Waals surface area contributed by atoms with Crippen LogP contribution in [-0.2, 0) is 0 Å². The van der Waals surface area contributed by atoms with Gasteiger partial charge in [-0.15, -0.1) is 11.6 Å². The fourth-order valence-electron chi connectivity index (χ4n) is 4.13. The van der Waals surface area contributed by atoms with E-state index in [2.05, 4.69) is 19.1 Å². The first-order chi connectivity index (χ1) is 13.6. The van der Waals surface area contributed by atoms with E-state index in [4.69, 9.17) is 16.3 Å². The highest BCUT2D eigenvalue weighted by atomic mass is 35.5. The van der Waals surface area contributed by atoms with Crippen LogP contribution in [-0.4, -0.2) is 28.8 Å². The Bertz CT molecular complexity index is 773. The van der Waals surface area contributed by atoms with Gasteiger partial charge in [-0.05, 0) is 79.0 Å². The zero-order chi connectivity index (χ0) is 19.9. The second-order valence-electron chi connectivity index (χ2n) is 7.37. The molecule has 3 rings (SSSR count). The molecule has 1 saturated carbocycles. The number of aromatic hydroxyl groups is 1. The van der Waals surface area contributed by atoms with Gasteiger partial charge in [0.25, 0.3) is 0 Å². The molecule has 2 N–H and O–H groups in total. The van der Waals surface area contributed by atoms with Gasteiger partial charge in [0.2, 0.25) is 0 Å². The smallest absolute Gasteiger partial charge is 0.119 e. The van der Waals surface area contributed by atoms with Crippen LogP contribution < -0.4 is 4.74 Å². The highest BCUT2D eigenvalue weighted by molar-refractivity contribution is 6.18. The molecule has 0 unspecified atom stereocenters. The van der Waals surface area contributed by atoms with Crippen LogP contribution in [0.1, 0.15) is 50.2 Å². The molecule has 2 aromatic rings. The quantitative estimate of drug-likeness (QED) is 0.580. The summed E-state index contributed by atoms with van der Waals surface area (Å²) in [6.45, 7) is 2.70. The zero-order valence-corrected chi connectivity index (χ0v) is 17.2. The van der Waals surface area contributed by atoms with Gasteiger partial charge in [-0.1, -0.05) is 36.8 Å². The van der Waals surface area contributed by atoms with E-state index in [9.17, 15) is 10.2 Å². The van der Waals surface area contributed by atoms with Crippen molar-refractivity contribution in [2.45, 2.75) is 45.1 Å². The first-order valence-electron chi connectivity index (χ1n) is 10.1. The molecule has 0 atom stereocenters. The molecule has 0 aliphatic heterocycles. The molecule has 28 heavy (non-hydrogen) atoms. The minimum atomic E-state index is -0.162. The standard InChI is InChI=1S/C24H29ClO3/c1-2-23(17-3-9-20(26)10-4-17)24(18-5-11-21(27)12-6-18)19-7-13-22(14-8-19)28-16-15-25/h5-8,11-14,17,20,26-27H,2-4,9-10,15-16H2,1H3. The third-order valence-corrected chi connectivity index (χ3v) is 5.69. The Kier molecular flexibility index (Phi) is 7.41. The second-order valence-corrected chi connectivity index (χ2v) is 7.75. The van der Waals surface area contributed by atoms with Crippen LogP contribution in [0, 0.1) is 5.92 Å². The first-order valence-corrected chi connectivity index (χ1v) is 10.7. The number of benzene rings is 2. The van der Waals surface area contributed by atoms with E-state index in [0.29, 0.717) is 18.4 Å². The summed E-state index contributed by atoms with van der Waals surface area (Å²) in [7, 11) is 0. The average Bonchev–Trinajstić information content (AvgIpc) is 2.73. The van der Waals surface area contributed by atoms with E-state index in [1.807, 2.05) is 24.3 Å². The van der Waals surface area contributed by atoms with Crippen molar-refractivity contribution >= 4 is 17.2 Å². The van der Waals surface area contributed by atoms with Gasteiger partial charge in [0, 0.05) is 0 Å². The van der Waals surface area contributed by atoms with Crippen LogP contribution >= 0.6 is 11.6 Å². The Morgan fingerprint density at radius 3 is 2.07 bits per heavy atom. The van der Waals surface area contributed by atoms with E-state index in [1.54, 1.807) is 12.1 Å². The SMILES string of the molecule is CCC(=C(c1ccc(O)cc1)c1ccc(OCCCl)cc1)C1CCC(O)CC1. The number of halogens is 1. The fraction of sp³-hybridized carbons (Fsp3) is 0.417. The molecule has 1 fully saturated rings. The summed E-state index contributed by atoms with van der Waals surface area (Å²) in [6.07, 6.45) is 4.56. The molecule has 0 radical (unpaired) electrons. The Labute approximate surface area is 172 Å². The van der Waals surface area contributed by atoms with Crippen LogP contribution in [0.2, 0.25) is 0 Å². The Morgan fingerprint density at radius 1 is 0.964 bits per heavy atom. The molecule has 0 aromatic heterocycles. The van der Waals surface area contributed by atoms with Crippen LogP contribution in [0.3, 0.4) is 0 Å². The van der Waals surface area contributed by atoms with E-state index >= 15 is 0 Å². The lowest BCUT2D eigenvalue weighted by Crippen LogP contribution is -2.20. The van der Waals surface area contributed by atoms with Gasteiger partial charge in [0.05, 0.1) is 12.0 Å². The van der Waals surface area contributed by atoms with Gasteiger partial charge < -0.3 is 14.9 Å². The van der Waals surface area contributed by atoms with Crippen molar-refractivity contribution in [3.05, 3.63) is 65.2 Å². The Balaban J connectivity index is 2.02. The topological polar surface area (TPSA) is 49.7 Å². The van der Waals surface area contributed by atoms with Crippen molar-refractivity contribution in [2.75, 3.05) is 12.5 Å². The minimum Gasteiger partial charge on any atom is -0.508 e. The summed E-state index contributed by atoms with van der Waals surface area (Å²) in [4.78, 5) is 0. The molecule has 0 bridgehead atoms. The van der Waals surface area contributed by atoms with Crippen molar-refractivity contribution in [2.24, 2.45) is 5.92 Å². The molecule has 0 heterocycles. The fourth-order valence-corrected chi connectivity index (χ4v) is 4.21. The summed E-state index contributed by atoms with van der Waals surface area (Å²) in [5, 5.41) is 19.6. The van der Waals surface area contributed by atoms with Crippen molar-refractivity contribution in [3.8, 4) is 11.5 Å². The van der Waals surface area contributed by atoms with Gasteiger partial charge in [-0.3, -0.25) is 0 Å². The van der Waals surface area contributed by atoms with Crippen molar-refractivity contribution in [1.29, 1.82) is 0 Å². The van der Waals surface area contributed by atoms with Gasteiger partial charge in [0.1, 0.15) is 18.1 Å². The molecule has 150 valence electrons. The maximum atomic E-state index is 9.92. The number of phenols is 1. The minimum absolute atomic E-state index is 0.162. The normalized spacial score (nSPS) is 20.5. The maximum Gasteiger partial charge on any atom is 0.119 e. The van der Waals surface area contributed by atoms with Crippen LogP contribution in [0.15, 0.2) is 54.1 Å². The summed E-state index contributed by atoms with van der Waals surface area (Å²) < 4.78 is 5.62. The number of hydrogen-bond acceptors (Lipinski definition) is 3. The average molecular weight is 401 g/mol. The van der Waals surface area contributed by atoms with Gasteiger partial charge in [-0.25, -0.2) is 0 Å². The molecule has 3 nitrogen and oxygen atoms in total. The molecule has 2 aromatic carbocycles. The van der Waals surface area contributed by atoms with E-state index in [1.165, 1.54) is 11.1 Å². The number of phenolic OH excluding ortho intramolecular Hbond substituents is 1. The second kappa shape index (κ2) is 9.99. The highest BCUT2D eigenvalue weighted by Crippen LogP contribution is 2.39. The number of allylic oxidation sites excluding steroid dienone is 1. The summed E-state index contributed by atoms with van der Waals surface area (Å²) in [5.41, 5.74) is 4.90. The number of aliphatic hydroxyl groups excluding tert-OH is 1. The molecular weight excluding hydrogens is 372 g/mol. The van der Waals surface area contributed by atoms with Gasteiger partial charge in [0.15, 0.2) is 0 Å². The van der Waals surface area contributed by atoms with Crippen LogP contribution in [0.25, 0.3) is 5.57 Å². The lowest BCUT2D eigenvalue weighted by atomic mass is 9.77. The Morgan fingerprint density at radius 2 is 1.54 bits per heavy atom. The summed E-state index contributed by atoms with van der Waals surface area (Å²) in [6, 6.07) is 15.6. The van der Waals surface area contributed by atoms with E-state index in [0.717, 1.165) is 49.0 Å². The first kappa shape index (κ1) is 20.8. The molecule has 0 amide bonds. The zero-order valence-electron chi connectivity index (χ0n) is 16.4. The number of ether oxygens (including phenoxy) is 1. The molecule has 1 aliphatic rings. The maximum absolute atomic E-state index is 9.92. The van der Waals surface area contributed by atoms with Gasteiger partial charge in [-0.2, -0.15) is 0 Å².